The van der Waals surface area contributed by atoms with Gasteiger partial charge in [0.25, 0.3) is 0 Å². The summed E-state index contributed by atoms with van der Waals surface area (Å²) in [5.74, 6) is 1.75. The van der Waals surface area contributed by atoms with Gasteiger partial charge in [-0.3, -0.25) is 4.98 Å². The number of nitrogens with one attached hydrogen (secondary N) is 1. The third-order valence-electron chi connectivity index (χ3n) is 5.58. The van der Waals surface area contributed by atoms with Gasteiger partial charge in [-0.1, -0.05) is 18.2 Å². The van der Waals surface area contributed by atoms with Crippen LogP contribution < -0.4 is 5.32 Å². The van der Waals surface area contributed by atoms with Crippen LogP contribution in [0.3, 0.4) is 0 Å². The number of anilines is 2. The van der Waals surface area contributed by atoms with Gasteiger partial charge in [-0.15, -0.1) is 0 Å². The Hall–Kier alpha value is -3.23. The van der Waals surface area contributed by atoms with Crippen LogP contribution in [0, 0.1) is 13.8 Å². The average Bonchev–Trinajstić information content (AvgIpc) is 3.12. The Bertz CT molecular complexity index is 1400. The molecule has 3 aromatic heterocycles. The Morgan fingerprint density at radius 1 is 1.10 bits per heavy atom. The predicted molar refractivity (Wildman–Crippen MR) is 119 cm³/mol. The van der Waals surface area contributed by atoms with Gasteiger partial charge in [-0.05, 0) is 50.1 Å². The number of aryl methyl sites for hydroxylation is 2. The van der Waals surface area contributed by atoms with E-state index < -0.39 is 10.0 Å². The van der Waals surface area contributed by atoms with Crippen LogP contribution >= 0.6 is 0 Å². The molecule has 158 valence electrons. The predicted octanol–water partition coefficient (Wildman–Crippen LogP) is 4.33. The first-order chi connectivity index (χ1) is 14.9. The quantitative estimate of drug-likeness (QED) is 0.514. The molecule has 4 aromatic rings. The topological polar surface area (TPSA) is 88.3 Å². The standard InChI is InChI=1S/C23H22N4O3S/c1-15-11-22(16(2)30-15)31(28,29)27-10-8-20-18(14-27)7-9-24-23(20)26-19-12-17-5-3-4-6-21(17)25-13-19/h3-7,9,11-13H,8,10,14H2,1-2H3,(H,24,26). The summed E-state index contributed by atoms with van der Waals surface area (Å²) in [6.07, 6.45) is 4.06. The number of furan rings is 1. The van der Waals surface area contributed by atoms with E-state index in [1.807, 2.05) is 36.4 Å². The van der Waals surface area contributed by atoms with Gasteiger partial charge in [0.1, 0.15) is 22.2 Å². The van der Waals surface area contributed by atoms with Gasteiger partial charge in [0, 0.05) is 30.2 Å². The molecule has 0 spiro atoms. The molecular weight excluding hydrogens is 412 g/mol. The van der Waals surface area contributed by atoms with Crippen LogP contribution in [0.2, 0.25) is 0 Å². The highest BCUT2D eigenvalue weighted by Crippen LogP contribution is 2.31. The lowest BCUT2D eigenvalue weighted by Crippen LogP contribution is -2.36. The molecule has 0 radical (unpaired) electrons. The number of benzene rings is 1. The first-order valence-electron chi connectivity index (χ1n) is 10.1. The Balaban J connectivity index is 1.43. The molecule has 31 heavy (non-hydrogen) atoms. The Morgan fingerprint density at radius 2 is 1.94 bits per heavy atom. The van der Waals surface area contributed by atoms with E-state index in [0.29, 0.717) is 31.0 Å². The maximum atomic E-state index is 13.2. The van der Waals surface area contributed by atoms with E-state index in [-0.39, 0.29) is 4.90 Å². The van der Waals surface area contributed by atoms with Crippen LogP contribution in [-0.2, 0) is 23.0 Å². The zero-order valence-corrected chi connectivity index (χ0v) is 18.1. The summed E-state index contributed by atoms with van der Waals surface area (Å²) in [5.41, 5.74) is 3.75. The normalized spacial score (nSPS) is 14.5. The smallest absolute Gasteiger partial charge is 0.246 e. The number of rotatable bonds is 4. The van der Waals surface area contributed by atoms with E-state index in [1.54, 1.807) is 32.3 Å². The van der Waals surface area contributed by atoms with E-state index >= 15 is 0 Å². The molecule has 4 heterocycles. The highest BCUT2D eigenvalue weighted by atomic mass is 32.2. The number of para-hydroxylation sites is 1. The molecule has 8 heteroatoms. The van der Waals surface area contributed by atoms with E-state index in [1.165, 1.54) is 4.31 Å². The molecule has 1 aromatic carbocycles. The molecule has 7 nitrogen and oxygen atoms in total. The van der Waals surface area contributed by atoms with Crippen molar-refractivity contribution in [2.24, 2.45) is 0 Å². The van der Waals surface area contributed by atoms with Crippen LogP contribution in [0.4, 0.5) is 11.5 Å². The highest BCUT2D eigenvalue weighted by molar-refractivity contribution is 7.89. The lowest BCUT2D eigenvalue weighted by Gasteiger charge is -2.29. The monoisotopic (exact) mass is 434 g/mol. The largest absolute Gasteiger partial charge is 0.465 e. The Morgan fingerprint density at radius 3 is 2.74 bits per heavy atom. The average molecular weight is 435 g/mol. The second kappa shape index (κ2) is 7.47. The third-order valence-corrected chi connectivity index (χ3v) is 7.53. The minimum absolute atomic E-state index is 0.239. The van der Waals surface area contributed by atoms with Crippen molar-refractivity contribution in [1.29, 1.82) is 0 Å². The second-order valence-electron chi connectivity index (χ2n) is 7.71. The molecule has 1 aliphatic rings. The molecule has 0 saturated carbocycles. The third kappa shape index (κ3) is 3.58. The first-order valence-corrected chi connectivity index (χ1v) is 11.5. The molecule has 0 atom stereocenters. The van der Waals surface area contributed by atoms with Gasteiger partial charge in [0.05, 0.1) is 17.4 Å². The van der Waals surface area contributed by atoms with Crippen molar-refractivity contribution < 1.29 is 12.8 Å². The zero-order chi connectivity index (χ0) is 21.6. The lowest BCUT2D eigenvalue weighted by atomic mass is 10.0. The molecule has 1 aliphatic heterocycles. The number of pyridine rings is 2. The molecule has 0 fully saturated rings. The van der Waals surface area contributed by atoms with Crippen molar-refractivity contribution >= 4 is 32.4 Å². The molecule has 0 amide bonds. The Labute approximate surface area is 180 Å². The van der Waals surface area contributed by atoms with Crippen molar-refractivity contribution in [3.8, 4) is 0 Å². The number of hydrogen-bond donors (Lipinski definition) is 1. The van der Waals surface area contributed by atoms with Crippen molar-refractivity contribution in [2.45, 2.75) is 31.7 Å². The molecule has 0 aliphatic carbocycles. The summed E-state index contributed by atoms with van der Waals surface area (Å²) < 4.78 is 33.3. The van der Waals surface area contributed by atoms with Crippen LogP contribution in [-0.4, -0.2) is 29.2 Å². The number of nitrogens with zero attached hydrogens (tertiary/aromatic N) is 3. The van der Waals surface area contributed by atoms with E-state index in [4.69, 9.17) is 4.42 Å². The fourth-order valence-corrected chi connectivity index (χ4v) is 5.70. The number of hydrogen-bond acceptors (Lipinski definition) is 6. The lowest BCUT2D eigenvalue weighted by molar-refractivity contribution is 0.389. The van der Waals surface area contributed by atoms with Gasteiger partial charge in [0.15, 0.2) is 0 Å². The molecule has 0 unspecified atom stereocenters. The molecule has 5 rings (SSSR count). The van der Waals surface area contributed by atoms with Gasteiger partial charge >= 0.3 is 0 Å². The number of sulfonamides is 1. The fraction of sp³-hybridized carbons (Fsp3) is 0.217. The summed E-state index contributed by atoms with van der Waals surface area (Å²) in [5, 5.41) is 4.41. The van der Waals surface area contributed by atoms with Crippen LogP contribution in [0.25, 0.3) is 10.9 Å². The Kier molecular flexibility index (Phi) is 4.75. The summed E-state index contributed by atoms with van der Waals surface area (Å²) in [6, 6.07) is 13.4. The zero-order valence-electron chi connectivity index (χ0n) is 17.3. The van der Waals surface area contributed by atoms with E-state index in [2.05, 4.69) is 15.3 Å². The van der Waals surface area contributed by atoms with Crippen LogP contribution in [0.1, 0.15) is 22.6 Å². The molecule has 0 saturated heterocycles. The first kappa shape index (κ1) is 19.7. The number of fused-ring (bicyclic) bond motifs is 2. The second-order valence-corrected chi connectivity index (χ2v) is 9.61. The van der Waals surface area contributed by atoms with Crippen molar-refractivity contribution in [1.82, 2.24) is 14.3 Å². The van der Waals surface area contributed by atoms with Gasteiger partial charge in [0.2, 0.25) is 10.0 Å². The van der Waals surface area contributed by atoms with E-state index in [0.717, 1.165) is 33.5 Å². The van der Waals surface area contributed by atoms with Gasteiger partial charge < -0.3 is 9.73 Å². The minimum Gasteiger partial charge on any atom is -0.465 e. The summed E-state index contributed by atoms with van der Waals surface area (Å²) in [4.78, 5) is 9.24. The SMILES string of the molecule is Cc1cc(S(=O)(=O)N2CCc3c(ccnc3Nc3cnc4ccccc4c3)C2)c(C)o1. The van der Waals surface area contributed by atoms with Crippen molar-refractivity contribution in [2.75, 3.05) is 11.9 Å². The summed E-state index contributed by atoms with van der Waals surface area (Å²) >= 11 is 0. The molecule has 1 N–H and O–H groups in total. The molecular formula is C23H22N4O3S. The van der Waals surface area contributed by atoms with Crippen LogP contribution in [0.15, 0.2) is 64.2 Å². The van der Waals surface area contributed by atoms with E-state index in [9.17, 15) is 8.42 Å². The fourth-order valence-electron chi connectivity index (χ4n) is 4.06. The number of aromatic nitrogens is 2. The van der Waals surface area contributed by atoms with Crippen molar-refractivity contribution in [3.63, 3.8) is 0 Å². The molecule has 0 bridgehead atoms. The van der Waals surface area contributed by atoms with Crippen LogP contribution in [0.5, 0.6) is 0 Å². The maximum absolute atomic E-state index is 13.2. The summed E-state index contributed by atoms with van der Waals surface area (Å²) in [7, 11) is -3.62. The maximum Gasteiger partial charge on any atom is 0.246 e. The summed E-state index contributed by atoms with van der Waals surface area (Å²) in [6.45, 7) is 4.12. The van der Waals surface area contributed by atoms with Crippen molar-refractivity contribution in [3.05, 3.63) is 77.5 Å². The highest BCUT2D eigenvalue weighted by Gasteiger charge is 2.32. The van der Waals surface area contributed by atoms with Gasteiger partial charge in [-0.25, -0.2) is 13.4 Å². The van der Waals surface area contributed by atoms with Gasteiger partial charge in [-0.2, -0.15) is 4.31 Å². The minimum atomic E-state index is -3.62.